The Morgan fingerprint density at radius 2 is 1.46 bits per heavy atom. The number of carbonyl (C=O) groups excluding carboxylic acids is 4. The molecule has 46 heavy (non-hydrogen) atoms. The predicted octanol–water partition coefficient (Wildman–Crippen LogP) is 4.12. The van der Waals surface area contributed by atoms with Crippen molar-refractivity contribution in [2.24, 2.45) is 0 Å². The van der Waals surface area contributed by atoms with Crippen LogP contribution >= 0.6 is 0 Å². The summed E-state index contributed by atoms with van der Waals surface area (Å²) in [6.07, 6.45) is -0.0262. The Morgan fingerprint density at radius 3 is 2.04 bits per heavy atom. The van der Waals surface area contributed by atoms with Gasteiger partial charge in [-0.3, -0.25) is 23.5 Å². The normalized spacial score (nSPS) is 18.8. The number of ether oxygens (including phenoxy) is 2. The molecule has 0 spiro atoms. The maximum atomic E-state index is 14.1. The van der Waals surface area contributed by atoms with Crippen molar-refractivity contribution in [3.8, 4) is 5.75 Å². The van der Waals surface area contributed by atoms with E-state index in [1.54, 1.807) is 36.4 Å². The smallest absolute Gasteiger partial charge is 0.356 e. The van der Waals surface area contributed by atoms with Crippen molar-refractivity contribution in [3.63, 3.8) is 0 Å². The van der Waals surface area contributed by atoms with E-state index < -0.39 is 46.1 Å². The summed E-state index contributed by atoms with van der Waals surface area (Å²) in [7, 11) is -1.66. The number of β-lactam (4-membered cyclic amide) rings is 1. The third-order valence-corrected chi connectivity index (χ3v) is 9.44. The van der Waals surface area contributed by atoms with Crippen LogP contribution < -0.4 is 10.1 Å². The number of aldehydes is 1. The lowest BCUT2D eigenvalue weighted by atomic mass is 10.0. The molecule has 232 valence electrons. The van der Waals surface area contributed by atoms with E-state index in [0.29, 0.717) is 23.2 Å². The van der Waals surface area contributed by atoms with Gasteiger partial charge in [0.15, 0.2) is 6.10 Å². The Bertz CT molecular complexity index is 1760. The monoisotopic (exact) mass is 634 g/mol. The molecule has 2 amide bonds. The summed E-state index contributed by atoms with van der Waals surface area (Å²) in [5.41, 5.74) is 2.97. The fourth-order valence-corrected chi connectivity index (χ4v) is 7.19. The first kappa shape index (κ1) is 30.7. The van der Waals surface area contributed by atoms with E-state index in [4.69, 9.17) is 9.47 Å². The maximum absolute atomic E-state index is 14.1. The van der Waals surface area contributed by atoms with E-state index in [0.717, 1.165) is 16.7 Å². The molecule has 4 aromatic carbocycles. The molecule has 0 bridgehead atoms. The topological polar surface area (TPSA) is 119 Å². The van der Waals surface area contributed by atoms with Crippen LogP contribution in [-0.2, 0) is 36.3 Å². The van der Waals surface area contributed by atoms with Crippen molar-refractivity contribution in [1.82, 2.24) is 10.2 Å². The summed E-state index contributed by atoms with van der Waals surface area (Å²) in [4.78, 5) is 52.8. The van der Waals surface area contributed by atoms with Crippen LogP contribution in [0.5, 0.6) is 5.75 Å². The van der Waals surface area contributed by atoms with Gasteiger partial charge in [-0.05, 0) is 41.0 Å². The van der Waals surface area contributed by atoms with Gasteiger partial charge >= 0.3 is 5.97 Å². The minimum Gasteiger partial charge on any atom is -0.489 e. The Labute approximate surface area is 268 Å². The average molecular weight is 635 g/mol. The zero-order valence-electron chi connectivity index (χ0n) is 24.6. The molecule has 4 aromatic rings. The van der Waals surface area contributed by atoms with Crippen LogP contribution in [0.1, 0.15) is 33.2 Å². The number of amides is 2. The number of esters is 1. The lowest BCUT2D eigenvalue weighted by Gasteiger charge is -2.49. The maximum Gasteiger partial charge on any atom is 0.356 e. The van der Waals surface area contributed by atoms with Gasteiger partial charge in [-0.2, -0.15) is 0 Å². The van der Waals surface area contributed by atoms with E-state index >= 15 is 0 Å². The summed E-state index contributed by atoms with van der Waals surface area (Å²) in [5.74, 6) is -1.38. The number of hydrogen-bond acceptors (Lipinski definition) is 7. The molecule has 0 aromatic heterocycles. The molecular formula is C36H30N2O7S. The number of benzene rings is 4. The van der Waals surface area contributed by atoms with Crippen LogP contribution in [0.25, 0.3) is 0 Å². The van der Waals surface area contributed by atoms with Crippen molar-refractivity contribution < 1.29 is 32.9 Å². The lowest BCUT2D eigenvalue weighted by molar-refractivity contribution is -0.155. The number of fused-ring (bicyclic) bond motifs is 1. The van der Waals surface area contributed by atoms with Crippen LogP contribution in [0.4, 0.5) is 0 Å². The highest BCUT2D eigenvalue weighted by Gasteiger charge is 2.57. The third-order valence-electron chi connectivity index (χ3n) is 7.78. The zero-order chi connectivity index (χ0) is 32.0. The van der Waals surface area contributed by atoms with Gasteiger partial charge in [-0.1, -0.05) is 91.0 Å². The SMILES string of the molecule is O=Cc1ccc(OCC2=C(C(=O)OC(c3ccccc3)c3ccccc3)N3C(=O)[C@@H](NC(=O)Cc4ccccc4)[C@H]3[S@@](=O)C2)cc1. The highest BCUT2D eigenvalue weighted by Crippen LogP contribution is 2.37. The Morgan fingerprint density at radius 1 is 0.870 bits per heavy atom. The highest BCUT2D eigenvalue weighted by molar-refractivity contribution is 7.86. The van der Waals surface area contributed by atoms with Crippen LogP contribution in [0.2, 0.25) is 0 Å². The molecule has 0 aliphatic carbocycles. The van der Waals surface area contributed by atoms with Crippen molar-refractivity contribution in [2.75, 3.05) is 12.4 Å². The minimum absolute atomic E-state index is 0.0481. The quantitative estimate of drug-likeness (QED) is 0.150. The second-order valence-corrected chi connectivity index (χ2v) is 12.4. The van der Waals surface area contributed by atoms with E-state index in [2.05, 4.69) is 5.32 Å². The van der Waals surface area contributed by atoms with Gasteiger partial charge in [0, 0.05) is 11.1 Å². The Balaban J connectivity index is 1.30. The molecule has 1 saturated heterocycles. The molecule has 2 aliphatic heterocycles. The van der Waals surface area contributed by atoms with Gasteiger partial charge < -0.3 is 14.8 Å². The number of hydrogen-bond donors (Lipinski definition) is 1. The predicted molar refractivity (Wildman–Crippen MR) is 171 cm³/mol. The second-order valence-electron chi connectivity index (χ2n) is 10.9. The first-order valence-electron chi connectivity index (χ1n) is 14.7. The largest absolute Gasteiger partial charge is 0.489 e. The van der Waals surface area contributed by atoms with E-state index in [1.165, 1.54) is 4.90 Å². The highest BCUT2D eigenvalue weighted by atomic mass is 32.2. The third kappa shape index (κ3) is 6.52. The molecule has 2 heterocycles. The van der Waals surface area contributed by atoms with Gasteiger partial charge in [-0.25, -0.2) is 4.79 Å². The van der Waals surface area contributed by atoms with E-state index in [9.17, 15) is 23.4 Å². The number of carbonyl (C=O) groups is 4. The summed E-state index contributed by atoms with van der Waals surface area (Å²) < 4.78 is 25.6. The molecule has 9 nitrogen and oxygen atoms in total. The van der Waals surface area contributed by atoms with E-state index in [-0.39, 0.29) is 24.5 Å². The van der Waals surface area contributed by atoms with Gasteiger partial charge in [0.2, 0.25) is 5.91 Å². The van der Waals surface area contributed by atoms with E-state index in [1.807, 2.05) is 78.9 Å². The van der Waals surface area contributed by atoms with Crippen molar-refractivity contribution >= 4 is 34.9 Å². The standard InChI is InChI=1S/C36H30N2O7S/c39-21-25-16-18-29(19-17-25)44-22-28-23-46(43)35-31(37-30(40)20-24-10-4-1-5-11-24)34(41)38(35)32(28)36(42)45-33(26-12-6-2-7-13-26)27-14-8-3-9-15-27/h1-19,21,31,33,35H,20,22-23H2,(H,37,40)/t31-,35-,46+/m1/s1. The fraction of sp³-hybridized carbons (Fsp3) is 0.167. The van der Waals surface area contributed by atoms with Crippen LogP contribution in [0.3, 0.4) is 0 Å². The second kappa shape index (κ2) is 13.7. The molecular weight excluding hydrogens is 604 g/mol. The van der Waals surface area contributed by atoms with Crippen LogP contribution in [0, 0.1) is 0 Å². The molecule has 6 rings (SSSR count). The lowest BCUT2D eigenvalue weighted by Crippen LogP contribution is -2.73. The summed E-state index contributed by atoms with van der Waals surface area (Å²) >= 11 is 0. The summed E-state index contributed by atoms with van der Waals surface area (Å²) in [6.45, 7) is -0.153. The van der Waals surface area contributed by atoms with Gasteiger partial charge in [0.25, 0.3) is 5.91 Å². The van der Waals surface area contributed by atoms with Crippen molar-refractivity contribution in [1.29, 1.82) is 0 Å². The molecule has 2 aliphatic rings. The Hall–Kier alpha value is -5.35. The fourth-order valence-electron chi connectivity index (χ4n) is 5.52. The van der Waals surface area contributed by atoms with Crippen LogP contribution in [-0.4, -0.2) is 57.0 Å². The first-order valence-corrected chi connectivity index (χ1v) is 16.1. The molecule has 10 heteroatoms. The molecule has 1 fully saturated rings. The first-order chi connectivity index (χ1) is 22.4. The molecule has 3 atom stereocenters. The Kier molecular flexibility index (Phi) is 9.16. The average Bonchev–Trinajstić information content (AvgIpc) is 3.09. The molecule has 1 N–H and O–H groups in total. The molecule has 0 unspecified atom stereocenters. The molecule has 0 saturated carbocycles. The van der Waals surface area contributed by atoms with Gasteiger partial charge in [0.1, 0.15) is 35.8 Å². The summed E-state index contributed by atoms with van der Waals surface area (Å²) in [5, 5.41) is 1.78. The van der Waals surface area contributed by atoms with Crippen molar-refractivity contribution in [3.05, 3.63) is 149 Å². The number of nitrogens with one attached hydrogen (secondary N) is 1. The number of rotatable bonds is 11. The number of nitrogens with zero attached hydrogens (tertiary/aromatic N) is 1. The van der Waals surface area contributed by atoms with Gasteiger partial charge in [-0.15, -0.1) is 0 Å². The zero-order valence-corrected chi connectivity index (χ0v) is 25.4. The minimum atomic E-state index is -1.66. The van der Waals surface area contributed by atoms with Gasteiger partial charge in [0.05, 0.1) is 23.0 Å². The molecule has 0 radical (unpaired) electrons. The summed E-state index contributed by atoms with van der Waals surface area (Å²) in [6, 6.07) is 32.9. The van der Waals surface area contributed by atoms with Crippen molar-refractivity contribution in [2.45, 2.75) is 23.9 Å². The van der Waals surface area contributed by atoms with Crippen LogP contribution in [0.15, 0.2) is 127 Å².